The van der Waals surface area contributed by atoms with Crippen LogP contribution in [0.2, 0.25) is 0 Å². The topological polar surface area (TPSA) is 189 Å². The fourth-order valence-corrected chi connectivity index (χ4v) is 7.79. The molecular formula is C47H91NO10. The number of hydrogen-bond donors (Lipinski definition) is 8. The van der Waals surface area contributed by atoms with Crippen LogP contribution in [0.1, 0.15) is 213 Å². The van der Waals surface area contributed by atoms with Gasteiger partial charge in [-0.05, 0) is 38.5 Å². The van der Waals surface area contributed by atoms with Crippen LogP contribution in [-0.4, -0.2) is 110 Å². The number of carbonyl (C=O) groups is 1. The fraction of sp³-hybridized carbons (Fsp3) is 0.936. The van der Waals surface area contributed by atoms with Gasteiger partial charge in [0.1, 0.15) is 36.6 Å². The van der Waals surface area contributed by atoms with E-state index < -0.39 is 74.2 Å². The van der Waals surface area contributed by atoms with Crippen molar-refractivity contribution in [1.82, 2.24) is 5.32 Å². The number of amides is 1. The van der Waals surface area contributed by atoms with Crippen LogP contribution in [0.3, 0.4) is 0 Å². The molecule has 1 rings (SSSR count). The van der Waals surface area contributed by atoms with Gasteiger partial charge in [0, 0.05) is 0 Å². The molecule has 11 heteroatoms. The van der Waals surface area contributed by atoms with Crippen LogP contribution < -0.4 is 5.32 Å². The number of nitrogens with one attached hydrogen (secondary N) is 1. The van der Waals surface area contributed by atoms with Crippen molar-refractivity contribution < 1.29 is 50.0 Å². The van der Waals surface area contributed by atoms with Gasteiger partial charge in [-0.1, -0.05) is 187 Å². The molecule has 58 heavy (non-hydrogen) atoms. The molecule has 1 amide bonds. The van der Waals surface area contributed by atoms with Crippen LogP contribution in [-0.2, 0) is 14.3 Å². The molecule has 0 aromatic carbocycles. The van der Waals surface area contributed by atoms with E-state index in [1.807, 2.05) is 0 Å². The van der Waals surface area contributed by atoms with Gasteiger partial charge in [0.25, 0.3) is 0 Å². The van der Waals surface area contributed by atoms with Crippen molar-refractivity contribution >= 4 is 5.91 Å². The number of carbonyl (C=O) groups excluding carboxylic acids is 1. The zero-order chi connectivity index (χ0) is 42.6. The third kappa shape index (κ3) is 26.9. The van der Waals surface area contributed by atoms with Gasteiger partial charge in [0.2, 0.25) is 5.91 Å². The Kier molecular flexibility index (Phi) is 35.6. The lowest BCUT2D eigenvalue weighted by Crippen LogP contribution is -2.60. The molecule has 1 saturated heterocycles. The quantitative estimate of drug-likeness (QED) is 0.0222. The third-order valence-corrected chi connectivity index (χ3v) is 11.8. The van der Waals surface area contributed by atoms with E-state index in [1.54, 1.807) is 0 Å². The lowest BCUT2D eigenvalue weighted by Gasteiger charge is -2.40. The number of aliphatic hydroxyl groups excluding tert-OH is 7. The summed E-state index contributed by atoms with van der Waals surface area (Å²) in [6.45, 7) is 3.43. The average molecular weight is 830 g/mol. The second-order valence-electron chi connectivity index (χ2n) is 17.2. The molecule has 0 aromatic rings. The maximum atomic E-state index is 13.1. The first-order valence-electron chi connectivity index (χ1n) is 24.1. The van der Waals surface area contributed by atoms with Gasteiger partial charge in [0.15, 0.2) is 6.29 Å². The molecule has 0 saturated carbocycles. The first-order chi connectivity index (χ1) is 28.2. The number of allylic oxidation sites excluding steroid dienone is 2. The van der Waals surface area contributed by atoms with Crippen molar-refractivity contribution in [2.75, 3.05) is 13.2 Å². The van der Waals surface area contributed by atoms with Crippen molar-refractivity contribution in [2.24, 2.45) is 0 Å². The molecule has 9 atom stereocenters. The van der Waals surface area contributed by atoms with Crippen LogP contribution in [0.15, 0.2) is 12.2 Å². The first kappa shape index (κ1) is 54.9. The molecule has 1 heterocycles. The Balaban J connectivity index is 2.41. The Hall–Kier alpha value is -1.15. The number of ether oxygens (including phenoxy) is 2. The zero-order valence-corrected chi connectivity index (χ0v) is 37.0. The third-order valence-electron chi connectivity index (χ3n) is 11.8. The van der Waals surface area contributed by atoms with Crippen molar-refractivity contribution in [1.29, 1.82) is 0 Å². The van der Waals surface area contributed by atoms with E-state index in [4.69, 9.17) is 9.47 Å². The summed E-state index contributed by atoms with van der Waals surface area (Å²) in [5, 5.41) is 75.7. The van der Waals surface area contributed by atoms with Gasteiger partial charge in [-0.2, -0.15) is 0 Å². The van der Waals surface area contributed by atoms with E-state index in [9.17, 15) is 40.5 Å². The average Bonchev–Trinajstić information content (AvgIpc) is 3.22. The number of rotatable bonds is 40. The molecule has 11 nitrogen and oxygen atoms in total. The maximum Gasteiger partial charge on any atom is 0.249 e. The Morgan fingerprint density at radius 3 is 1.45 bits per heavy atom. The summed E-state index contributed by atoms with van der Waals surface area (Å²) in [7, 11) is 0. The summed E-state index contributed by atoms with van der Waals surface area (Å²) in [6, 6.07) is -1.16. The first-order valence-corrected chi connectivity index (χ1v) is 24.1. The fourth-order valence-electron chi connectivity index (χ4n) is 7.79. The van der Waals surface area contributed by atoms with Gasteiger partial charge in [-0.3, -0.25) is 4.79 Å². The predicted molar refractivity (Wildman–Crippen MR) is 233 cm³/mol. The second kappa shape index (κ2) is 37.6. The van der Waals surface area contributed by atoms with Gasteiger partial charge < -0.3 is 50.5 Å². The molecule has 344 valence electrons. The van der Waals surface area contributed by atoms with Crippen molar-refractivity contribution in [3.05, 3.63) is 12.2 Å². The summed E-state index contributed by atoms with van der Waals surface area (Å²) in [6.07, 6.45) is 28.3. The van der Waals surface area contributed by atoms with Gasteiger partial charge in [0.05, 0.1) is 25.4 Å². The molecule has 9 unspecified atom stereocenters. The second-order valence-corrected chi connectivity index (χ2v) is 17.2. The van der Waals surface area contributed by atoms with Crippen LogP contribution in [0.5, 0.6) is 0 Å². The lowest BCUT2D eigenvalue weighted by molar-refractivity contribution is -0.303. The molecule has 1 aliphatic rings. The summed E-state index contributed by atoms with van der Waals surface area (Å²) >= 11 is 0. The van der Waals surface area contributed by atoms with Gasteiger partial charge in [-0.25, -0.2) is 0 Å². The molecule has 0 bridgehead atoms. The summed E-state index contributed by atoms with van der Waals surface area (Å²) < 4.78 is 11.1. The molecule has 0 aliphatic carbocycles. The SMILES string of the molecule is CCCCCCCCC=CCCCCCCCCCCCC(O)C(=O)NC(COC1OC(CO)C(O)C(O)C1O)C(O)C(O)CCCCCCCCCCCCCC. The summed E-state index contributed by atoms with van der Waals surface area (Å²) in [5.41, 5.74) is 0. The highest BCUT2D eigenvalue weighted by Crippen LogP contribution is 2.23. The smallest absolute Gasteiger partial charge is 0.249 e. The van der Waals surface area contributed by atoms with Crippen LogP contribution >= 0.6 is 0 Å². The summed E-state index contributed by atoms with van der Waals surface area (Å²) in [5.74, 6) is -0.698. The van der Waals surface area contributed by atoms with E-state index in [2.05, 4.69) is 31.3 Å². The summed E-state index contributed by atoms with van der Waals surface area (Å²) in [4.78, 5) is 13.1. The molecule has 1 fully saturated rings. The van der Waals surface area contributed by atoms with Crippen molar-refractivity contribution in [3.63, 3.8) is 0 Å². The Morgan fingerprint density at radius 2 is 1.00 bits per heavy atom. The van der Waals surface area contributed by atoms with E-state index in [1.165, 1.54) is 135 Å². The molecule has 0 aromatic heterocycles. The minimum atomic E-state index is -1.66. The standard InChI is InChI=1S/C47H91NO10/c1-3-5-7-9-11-13-15-17-18-19-20-21-22-23-25-27-29-31-33-35-40(51)46(56)48-38(37-57-47-45(55)44(54)43(53)41(36-49)58-47)42(52)39(50)34-32-30-28-26-24-16-14-12-10-8-6-4-2/h17-18,38-45,47,49-55H,3-16,19-37H2,1-2H3,(H,48,56). The van der Waals surface area contributed by atoms with Crippen molar-refractivity contribution in [3.8, 4) is 0 Å². The normalized spacial score (nSPS) is 22.0. The number of unbranched alkanes of at least 4 members (excludes halogenated alkanes) is 26. The highest BCUT2D eigenvalue weighted by Gasteiger charge is 2.44. The largest absolute Gasteiger partial charge is 0.394 e. The highest BCUT2D eigenvalue weighted by molar-refractivity contribution is 5.80. The molecule has 8 N–H and O–H groups in total. The number of hydrogen-bond acceptors (Lipinski definition) is 10. The lowest BCUT2D eigenvalue weighted by atomic mass is 9.98. The van der Waals surface area contributed by atoms with E-state index in [-0.39, 0.29) is 6.42 Å². The Labute approximate surface area is 353 Å². The number of aliphatic hydroxyl groups is 7. The van der Waals surface area contributed by atoms with Crippen LogP contribution in [0.4, 0.5) is 0 Å². The molecule has 0 spiro atoms. The minimum Gasteiger partial charge on any atom is -0.394 e. The van der Waals surface area contributed by atoms with E-state index in [0.29, 0.717) is 19.3 Å². The van der Waals surface area contributed by atoms with Crippen LogP contribution in [0, 0.1) is 0 Å². The highest BCUT2D eigenvalue weighted by atomic mass is 16.7. The van der Waals surface area contributed by atoms with E-state index in [0.717, 1.165) is 38.5 Å². The van der Waals surface area contributed by atoms with Crippen LogP contribution in [0.25, 0.3) is 0 Å². The van der Waals surface area contributed by atoms with Gasteiger partial charge in [-0.15, -0.1) is 0 Å². The Morgan fingerprint density at radius 1 is 0.586 bits per heavy atom. The van der Waals surface area contributed by atoms with Crippen molar-refractivity contribution in [2.45, 2.75) is 268 Å². The minimum absolute atomic E-state index is 0.260. The molecule has 0 radical (unpaired) electrons. The van der Waals surface area contributed by atoms with Gasteiger partial charge >= 0.3 is 0 Å². The molecular weight excluding hydrogens is 739 g/mol. The Bertz CT molecular complexity index is 954. The molecule has 1 aliphatic heterocycles. The monoisotopic (exact) mass is 830 g/mol. The predicted octanol–water partition coefficient (Wildman–Crippen LogP) is 8.06. The maximum absolute atomic E-state index is 13.1. The van der Waals surface area contributed by atoms with E-state index >= 15 is 0 Å². The zero-order valence-electron chi connectivity index (χ0n) is 37.0.